The average Bonchev–Trinajstić information content (AvgIpc) is 2.80. The number of hydrogen-bond acceptors (Lipinski definition) is 4. The summed E-state index contributed by atoms with van der Waals surface area (Å²) in [5, 5.41) is 2.41. The van der Waals surface area contributed by atoms with Crippen molar-refractivity contribution < 1.29 is 19.1 Å². The zero-order chi connectivity index (χ0) is 15.7. The van der Waals surface area contributed by atoms with Crippen LogP contribution in [0.2, 0.25) is 0 Å². The Kier molecular flexibility index (Phi) is 3.47. The Morgan fingerprint density at radius 1 is 1.14 bits per heavy atom. The number of hydrogen-bond donors (Lipinski definition) is 1. The standard InChI is InChI=1S/C17H13NO4/c1-10-4-2-5-11(8-10)9-22-17(21)13-7-3-6-12-14(13)18-16(20)15(12)19/h2-8H,9H2,1H3,(H,18,19,20). The van der Waals surface area contributed by atoms with Gasteiger partial charge in [-0.3, -0.25) is 9.59 Å². The number of carbonyl (C=O) groups excluding carboxylic acids is 3. The van der Waals surface area contributed by atoms with Gasteiger partial charge in [0.25, 0.3) is 11.7 Å². The third-order valence-electron chi connectivity index (χ3n) is 3.43. The van der Waals surface area contributed by atoms with Crippen LogP contribution in [0.1, 0.15) is 31.8 Å². The Balaban J connectivity index is 1.80. The summed E-state index contributed by atoms with van der Waals surface area (Å²) < 4.78 is 5.26. The van der Waals surface area contributed by atoms with Gasteiger partial charge < -0.3 is 10.1 Å². The van der Waals surface area contributed by atoms with Gasteiger partial charge in [-0.05, 0) is 24.6 Å². The molecule has 0 aliphatic carbocycles. The molecule has 0 atom stereocenters. The van der Waals surface area contributed by atoms with Gasteiger partial charge in [0, 0.05) is 0 Å². The molecular weight excluding hydrogens is 282 g/mol. The fraction of sp³-hybridized carbons (Fsp3) is 0.118. The zero-order valence-corrected chi connectivity index (χ0v) is 11.9. The number of carbonyl (C=O) groups is 3. The number of benzene rings is 2. The molecule has 0 spiro atoms. The molecule has 110 valence electrons. The van der Waals surface area contributed by atoms with Crippen molar-refractivity contribution in [2.75, 3.05) is 5.32 Å². The minimum atomic E-state index is -0.728. The van der Waals surface area contributed by atoms with Crippen molar-refractivity contribution in [3.05, 3.63) is 64.7 Å². The van der Waals surface area contributed by atoms with Crippen molar-refractivity contribution in [3.8, 4) is 0 Å². The second kappa shape index (κ2) is 5.44. The highest BCUT2D eigenvalue weighted by atomic mass is 16.5. The summed E-state index contributed by atoms with van der Waals surface area (Å²) in [6.45, 7) is 2.09. The van der Waals surface area contributed by atoms with E-state index in [0.717, 1.165) is 11.1 Å². The molecule has 5 heteroatoms. The summed E-state index contributed by atoms with van der Waals surface area (Å²) >= 11 is 0. The largest absolute Gasteiger partial charge is 0.457 e. The Morgan fingerprint density at radius 2 is 1.91 bits per heavy atom. The molecule has 1 heterocycles. The zero-order valence-electron chi connectivity index (χ0n) is 11.9. The summed E-state index contributed by atoms with van der Waals surface area (Å²) in [4.78, 5) is 35.2. The minimum Gasteiger partial charge on any atom is -0.457 e. The van der Waals surface area contributed by atoms with E-state index in [4.69, 9.17) is 4.74 Å². The third kappa shape index (κ3) is 2.48. The van der Waals surface area contributed by atoms with E-state index in [1.54, 1.807) is 6.07 Å². The van der Waals surface area contributed by atoms with Crippen molar-refractivity contribution in [2.24, 2.45) is 0 Å². The Hall–Kier alpha value is -2.95. The van der Waals surface area contributed by atoms with Crippen LogP contribution in [0, 0.1) is 6.92 Å². The first kappa shape index (κ1) is 14.0. The van der Waals surface area contributed by atoms with Gasteiger partial charge in [0.1, 0.15) is 6.61 Å². The molecule has 2 aromatic carbocycles. The maximum absolute atomic E-state index is 12.2. The van der Waals surface area contributed by atoms with Crippen LogP contribution in [-0.2, 0) is 16.1 Å². The smallest absolute Gasteiger partial charge is 0.340 e. The molecule has 5 nitrogen and oxygen atoms in total. The molecule has 0 radical (unpaired) electrons. The minimum absolute atomic E-state index is 0.131. The average molecular weight is 295 g/mol. The van der Waals surface area contributed by atoms with Crippen LogP contribution >= 0.6 is 0 Å². The molecule has 22 heavy (non-hydrogen) atoms. The van der Waals surface area contributed by atoms with Gasteiger partial charge in [-0.1, -0.05) is 35.9 Å². The fourth-order valence-electron chi connectivity index (χ4n) is 2.37. The van der Waals surface area contributed by atoms with Crippen LogP contribution < -0.4 is 5.32 Å². The van der Waals surface area contributed by atoms with Crippen molar-refractivity contribution in [3.63, 3.8) is 0 Å². The number of nitrogens with one attached hydrogen (secondary N) is 1. The highest BCUT2D eigenvalue weighted by molar-refractivity contribution is 6.52. The second-order valence-corrected chi connectivity index (χ2v) is 5.08. The van der Waals surface area contributed by atoms with E-state index < -0.39 is 17.7 Å². The van der Waals surface area contributed by atoms with E-state index in [1.807, 2.05) is 31.2 Å². The number of para-hydroxylation sites is 1. The molecule has 1 amide bonds. The van der Waals surface area contributed by atoms with E-state index in [1.165, 1.54) is 12.1 Å². The van der Waals surface area contributed by atoms with Crippen molar-refractivity contribution >= 4 is 23.3 Å². The topological polar surface area (TPSA) is 72.5 Å². The number of ether oxygens (including phenoxy) is 1. The lowest BCUT2D eigenvalue weighted by Crippen LogP contribution is -2.13. The first-order valence-corrected chi connectivity index (χ1v) is 6.77. The SMILES string of the molecule is Cc1cccc(COC(=O)c2cccc3c2NC(=O)C3=O)c1. The third-order valence-corrected chi connectivity index (χ3v) is 3.43. The highest BCUT2D eigenvalue weighted by Gasteiger charge is 2.31. The van der Waals surface area contributed by atoms with Gasteiger partial charge in [0.2, 0.25) is 0 Å². The van der Waals surface area contributed by atoms with Gasteiger partial charge in [-0.25, -0.2) is 4.79 Å². The highest BCUT2D eigenvalue weighted by Crippen LogP contribution is 2.27. The molecule has 0 aromatic heterocycles. The number of esters is 1. The molecule has 1 N–H and O–H groups in total. The van der Waals surface area contributed by atoms with Gasteiger partial charge in [-0.2, -0.15) is 0 Å². The maximum atomic E-state index is 12.2. The Bertz CT molecular complexity index is 795. The Labute approximate surface area is 126 Å². The number of ketones is 1. The van der Waals surface area contributed by atoms with Gasteiger partial charge >= 0.3 is 5.97 Å². The van der Waals surface area contributed by atoms with E-state index >= 15 is 0 Å². The molecule has 1 aliphatic rings. The molecule has 0 saturated heterocycles. The Morgan fingerprint density at radius 3 is 2.68 bits per heavy atom. The molecule has 0 unspecified atom stereocenters. The lowest BCUT2D eigenvalue weighted by molar-refractivity contribution is -0.112. The van der Waals surface area contributed by atoms with Crippen LogP contribution in [-0.4, -0.2) is 17.7 Å². The molecule has 1 aliphatic heterocycles. The number of amides is 1. The molecular formula is C17H13NO4. The lowest BCUT2D eigenvalue weighted by Gasteiger charge is -2.08. The predicted octanol–water partition coefficient (Wildman–Crippen LogP) is 2.49. The predicted molar refractivity (Wildman–Crippen MR) is 79.7 cm³/mol. The normalized spacial score (nSPS) is 12.8. The van der Waals surface area contributed by atoms with E-state index in [-0.39, 0.29) is 23.4 Å². The maximum Gasteiger partial charge on any atom is 0.340 e. The molecule has 2 aromatic rings. The molecule has 0 saturated carbocycles. The van der Waals surface area contributed by atoms with Crippen LogP contribution in [0.25, 0.3) is 0 Å². The van der Waals surface area contributed by atoms with Crippen LogP contribution in [0.4, 0.5) is 5.69 Å². The van der Waals surface area contributed by atoms with Crippen LogP contribution in [0.15, 0.2) is 42.5 Å². The lowest BCUT2D eigenvalue weighted by atomic mass is 10.1. The van der Waals surface area contributed by atoms with Gasteiger partial charge in [0.15, 0.2) is 0 Å². The van der Waals surface area contributed by atoms with E-state index in [0.29, 0.717) is 0 Å². The number of fused-ring (bicyclic) bond motifs is 1. The van der Waals surface area contributed by atoms with Gasteiger partial charge in [0.05, 0.1) is 16.8 Å². The van der Waals surface area contributed by atoms with Crippen molar-refractivity contribution in [1.82, 2.24) is 0 Å². The molecule has 0 bridgehead atoms. The molecule has 3 rings (SSSR count). The van der Waals surface area contributed by atoms with E-state index in [2.05, 4.69) is 5.32 Å². The summed E-state index contributed by atoms with van der Waals surface area (Å²) in [5.41, 5.74) is 2.57. The second-order valence-electron chi connectivity index (χ2n) is 5.08. The number of anilines is 1. The quantitative estimate of drug-likeness (QED) is 0.697. The monoisotopic (exact) mass is 295 g/mol. The number of aryl methyl sites for hydroxylation is 1. The summed E-state index contributed by atoms with van der Waals surface area (Å²) in [6, 6.07) is 12.2. The first-order valence-electron chi connectivity index (χ1n) is 6.77. The van der Waals surface area contributed by atoms with Crippen LogP contribution in [0.3, 0.4) is 0 Å². The van der Waals surface area contributed by atoms with Crippen LogP contribution in [0.5, 0.6) is 0 Å². The summed E-state index contributed by atoms with van der Waals surface area (Å²) in [5.74, 6) is -1.94. The van der Waals surface area contributed by atoms with Gasteiger partial charge in [-0.15, -0.1) is 0 Å². The van der Waals surface area contributed by atoms with Crippen molar-refractivity contribution in [2.45, 2.75) is 13.5 Å². The fourth-order valence-corrected chi connectivity index (χ4v) is 2.37. The summed E-state index contributed by atoms with van der Waals surface area (Å²) in [6.07, 6.45) is 0. The molecule has 0 fully saturated rings. The van der Waals surface area contributed by atoms with Crippen molar-refractivity contribution in [1.29, 1.82) is 0 Å². The summed E-state index contributed by atoms with van der Waals surface area (Å²) in [7, 11) is 0. The first-order chi connectivity index (χ1) is 10.6. The number of Topliss-reactive ketones (excluding diaryl/α,β-unsaturated/α-hetero) is 1. The van der Waals surface area contributed by atoms with E-state index in [9.17, 15) is 14.4 Å². The number of rotatable bonds is 3.